The monoisotopic (exact) mass is 388 g/mol. The Morgan fingerprint density at radius 2 is 1.74 bits per heavy atom. The Labute approximate surface area is 165 Å². The van der Waals surface area contributed by atoms with Crippen LogP contribution in [0.2, 0.25) is 0 Å². The Hall–Kier alpha value is -1.86. The van der Waals surface area contributed by atoms with Gasteiger partial charge in [0.1, 0.15) is 0 Å². The number of carbonyl (C=O) groups excluding carboxylic acids is 1. The third-order valence-corrected chi connectivity index (χ3v) is 5.77. The van der Waals surface area contributed by atoms with E-state index in [0.717, 1.165) is 31.7 Å². The molecule has 0 saturated carbocycles. The van der Waals surface area contributed by atoms with Gasteiger partial charge in [0, 0.05) is 31.7 Å². The van der Waals surface area contributed by atoms with E-state index in [2.05, 4.69) is 55.0 Å². The molecule has 3 rings (SSSR count). The van der Waals surface area contributed by atoms with Gasteiger partial charge in [-0.2, -0.15) is 0 Å². The second-order valence-corrected chi connectivity index (χ2v) is 9.38. The standard InChI is InChI=1S/C20H28N4O2S/c1-14(18(25)24-12-10-23(5)11-13-24)27-19-22-21-17(26-19)15-6-8-16(9-7-15)20(2,3)4/h6-9,14H,10-13H2,1-5H3. The van der Waals surface area contributed by atoms with Gasteiger partial charge in [-0.15, -0.1) is 10.2 Å². The molecule has 27 heavy (non-hydrogen) atoms. The fraction of sp³-hybridized carbons (Fsp3) is 0.550. The van der Waals surface area contributed by atoms with Gasteiger partial charge in [0.25, 0.3) is 5.22 Å². The normalized spacial score (nSPS) is 17.1. The largest absolute Gasteiger partial charge is 0.411 e. The molecule has 0 radical (unpaired) electrons. The molecule has 6 nitrogen and oxygen atoms in total. The quantitative estimate of drug-likeness (QED) is 0.749. The zero-order chi connectivity index (χ0) is 19.6. The molecule has 0 N–H and O–H groups in total. The molecule has 1 atom stereocenters. The van der Waals surface area contributed by atoms with Crippen LogP contribution in [-0.2, 0) is 10.2 Å². The first kappa shape index (κ1) is 19.9. The average molecular weight is 389 g/mol. The number of likely N-dealkylation sites (N-methyl/N-ethyl adjacent to an activating group) is 1. The third-order valence-electron chi connectivity index (χ3n) is 4.84. The lowest BCUT2D eigenvalue weighted by molar-refractivity contribution is -0.131. The highest BCUT2D eigenvalue weighted by atomic mass is 32.2. The van der Waals surface area contributed by atoms with Crippen LogP contribution in [0.3, 0.4) is 0 Å². The van der Waals surface area contributed by atoms with E-state index in [1.54, 1.807) is 0 Å². The first-order valence-corrected chi connectivity index (χ1v) is 10.2. The van der Waals surface area contributed by atoms with E-state index in [0.29, 0.717) is 11.1 Å². The van der Waals surface area contributed by atoms with Crippen molar-refractivity contribution in [2.75, 3.05) is 33.2 Å². The summed E-state index contributed by atoms with van der Waals surface area (Å²) in [6, 6.07) is 8.18. The fourth-order valence-corrected chi connectivity index (χ4v) is 3.74. The number of nitrogens with zero attached hydrogens (tertiary/aromatic N) is 4. The van der Waals surface area contributed by atoms with Crippen molar-refractivity contribution in [2.45, 2.75) is 43.6 Å². The van der Waals surface area contributed by atoms with Gasteiger partial charge in [-0.05, 0) is 37.1 Å². The summed E-state index contributed by atoms with van der Waals surface area (Å²) in [6.07, 6.45) is 0. The highest BCUT2D eigenvalue weighted by Crippen LogP contribution is 2.29. The highest BCUT2D eigenvalue weighted by molar-refractivity contribution is 8.00. The minimum absolute atomic E-state index is 0.105. The van der Waals surface area contributed by atoms with Crippen molar-refractivity contribution >= 4 is 17.7 Å². The van der Waals surface area contributed by atoms with Crippen LogP contribution in [0.4, 0.5) is 0 Å². The number of hydrogen-bond donors (Lipinski definition) is 0. The molecule has 1 aliphatic rings. The van der Waals surface area contributed by atoms with Gasteiger partial charge >= 0.3 is 0 Å². The molecule has 0 bridgehead atoms. The Morgan fingerprint density at radius 3 is 2.33 bits per heavy atom. The molecule has 1 aromatic heterocycles. The lowest BCUT2D eigenvalue weighted by atomic mass is 9.87. The van der Waals surface area contributed by atoms with Crippen LogP contribution in [0, 0.1) is 0 Å². The molecule has 1 saturated heterocycles. The molecule has 0 spiro atoms. The summed E-state index contributed by atoms with van der Waals surface area (Å²) in [5.41, 5.74) is 2.25. The Morgan fingerprint density at radius 1 is 1.11 bits per heavy atom. The summed E-state index contributed by atoms with van der Waals surface area (Å²) in [6.45, 7) is 11.8. The minimum atomic E-state index is -0.245. The van der Waals surface area contributed by atoms with Crippen LogP contribution in [0.1, 0.15) is 33.3 Å². The van der Waals surface area contributed by atoms with E-state index < -0.39 is 0 Å². The van der Waals surface area contributed by atoms with Crippen LogP contribution < -0.4 is 0 Å². The number of carbonyl (C=O) groups is 1. The van der Waals surface area contributed by atoms with Crippen molar-refractivity contribution in [1.82, 2.24) is 20.0 Å². The molecule has 7 heteroatoms. The van der Waals surface area contributed by atoms with E-state index in [1.807, 2.05) is 24.0 Å². The van der Waals surface area contributed by atoms with Gasteiger partial charge in [0.2, 0.25) is 11.8 Å². The number of thioether (sulfide) groups is 1. The molecule has 1 amide bonds. The predicted octanol–water partition coefficient (Wildman–Crippen LogP) is 3.29. The van der Waals surface area contributed by atoms with E-state index in [4.69, 9.17) is 4.42 Å². The number of amides is 1. The van der Waals surface area contributed by atoms with Crippen molar-refractivity contribution < 1.29 is 9.21 Å². The lowest BCUT2D eigenvalue weighted by Crippen LogP contribution is -2.49. The maximum Gasteiger partial charge on any atom is 0.277 e. The summed E-state index contributed by atoms with van der Waals surface area (Å²) in [4.78, 5) is 16.8. The number of piperazine rings is 1. The second kappa shape index (κ2) is 8.02. The molecule has 1 fully saturated rings. The molecular formula is C20H28N4O2S. The van der Waals surface area contributed by atoms with Crippen LogP contribution in [-0.4, -0.2) is 64.4 Å². The lowest BCUT2D eigenvalue weighted by Gasteiger charge is -2.33. The van der Waals surface area contributed by atoms with E-state index in [9.17, 15) is 4.79 Å². The van der Waals surface area contributed by atoms with Crippen molar-refractivity contribution in [3.63, 3.8) is 0 Å². The summed E-state index contributed by atoms with van der Waals surface area (Å²) >= 11 is 1.32. The number of hydrogen-bond acceptors (Lipinski definition) is 6. The smallest absolute Gasteiger partial charge is 0.277 e. The Balaban J connectivity index is 1.63. The Kier molecular flexibility index (Phi) is 5.91. The maximum absolute atomic E-state index is 12.6. The zero-order valence-electron chi connectivity index (χ0n) is 16.7. The molecule has 1 unspecified atom stereocenters. The summed E-state index contributed by atoms with van der Waals surface area (Å²) in [7, 11) is 2.08. The molecule has 1 aliphatic heterocycles. The topological polar surface area (TPSA) is 62.5 Å². The third kappa shape index (κ3) is 4.90. The SMILES string of the molecule is CC(Sc1nnc(-c2ccc(C(C)(C)C)cc2)o1)C(=O)N1CCN(C)CC1. The van der Waals surface area contributed by atoms with E-state index in [1.165, 1.54) is 17.3 Å². The molecule has 1 aromatic carbocycles. The number of aromatic nitrogens is 2. The molecule has 146 valence electrons. The average Bonchev–Trinajstić information content (AvgIpc) is 3.09. The van der Waals surface area contributed by atoms with Gasteiger partial charge < -0.3 is 14.2 Å². The van der Waals surface area contributed by atoms with Gasteiger partial charge in [-0.1, -0.05) is 44.7 Å². The summed E-state index contributed by atoms with van der Waals surface area (Å²) in [5.74, 6) is 0.611. The van der Waals surface area contributed by atoms with E-state index >= 15 is 0 Å². The molecule has 2 heterocycles. The van der Waals surface area contributed by atoms with Crippen LogP contribution >= 0.6 is 11.8 Å². The van der Waals surface area contributed by atoms with E-state index in [-0.39, 0.29) is 16.6 Å². The fourth-order valence-electron chi connectivity index (χ4n) is 2.97. The van der Waals surface area contributed by atoms with Crippen LogP contribution in [0.25, 0.3) is 11.5 Å². The van der Waals surface area contributed by atoms with Gasteiger partial charge in [0.05, 0.1) is 5.25 Å². The van der Waals surface area contributed by atoms with Crippen LogP contribution in [0.5, 0.6) is 0 Å². The minimum Gasteiger partial charge on any atom is -0.411 e. The van der Waals surface area contributed by atoms with Crippen LogP contribution in [0.15, 0.2) is 33.9 Å². The second-order valence-electron chi connectivity index (χ2n) is 8.09. The first-order chi connectivity index (χ1) is 12.7. The number of rotatable bonds is 4. The molecular weight excluding hydrogens is 360 g/mol. The van der Waals surface area contributed by atoms with Crippen molar-refractivity contribution in [1.29, 1.82) is 0 Å². The van der Waals surface area contributed by atoms with Crippen molar-refractivity contribution in [3.05, 3.63) is 29.8 Å². The number of benzene rings is 1. The predicted molar refractivity (Wildman–Crippen MR) is 108 cm³/mol. The van der Waals surface area contributed by atoms with Gasteiger partial charge in [0.15, 0.2) is 0 Å². The summed E-state index contributed by atoms with van der Waals surface area (Å²) < 4.78 is 5.78. The first-order valence-electron chi connectivity index (χ1n) is 9.32. The molecule has 2 aromatic rings. The van der Waals surface area contributed by atoms with Gasteiger partial charge in [-0.3, -0.25) is 4.79 Å². The van der Waals surface area contributed by atoms with Crippen molar-refractivity contribution in [3.8, 4) is 11.5 Å². The zero-order valence-corrected chi connectivity index (χ0v) is 17.5. The summed E-state index contributed by atoms with van der Waals surface area (Å²) in [5, 5.41) is 8.44. The van der Waals surface area contributed by atoms with Crippen molar-refractivity contribution in [2.24, 2.45) is 0 Å². The van der Waals surface area contributed by atoms with Gasteiger partial charge in [-0.25, -0.2) is 0 Å². The highest BCUT2D eigenvalue weighted by Gasteiger charge is 2.26. The molecule has 0 aliphatic carbocycles. The Bertz CT molecular complexity index is 774. The maximum atomic E-state index is 12.6.